The number of nitrogens with zero attached hydrogens (tertiary/aromatic N) is 2. The van der Waals surface area contributed by atoms with Crippen LogP contribution in [0.4, 0.5) is 0 Å². The summed E-state index contributed by atoms with van der Waals surface area (Å²) in [5.74, 6) is 1.38. The Morgan fingerprint density at radius 2 is 1.50 bits per heavy atom. The Bertz CT molecular complexity index is 191. The van der Waals surface area contributed by atoms with Crippen molar-refractivity contribution in [3.8, 4) is 0 Å². The second-order valence-corrected chi connectivity index (χ2v) is 4.86. The standard InChI is InChI=1S/C11H22N2O/c1-9-5-12(4)6-10(2)8-13(7-9)11(3)14/h9-10H,5-8H2,1-4H3/t9-,10?/m0/s1. The number of carbonyl (C=O) groups excluding carboxylic acids is 1. The molecule has 0 aromatic rings. The molecule has 0 saturated carbocycles. The van der Waals surface area contributed by atoms with Gasteiger partial charge in [0.05, 0.1) is 0 Å². The fourth-order valence-electron chi connectivity index (χ4n) is 2.34. The highest BCUT2D eigenvalue weighted by molar-refractivity contribution is 5.73. The molecule has 82 valence electrons. The van der Waals surface area contributed by atoms with Crippen LogP contribution in [-0.2, 0) is 4.79 Å². The van der Waals surface area contributed by atoms with Crippen molar-refractivity contribution < 1.29 is 4.79 Å². The predicted molar refractivity (Wildman–Crippen MR) is 58.1 cm³/mol. The van der Waals surface area contributed by atoms with Gasteiger partial charge in [-0.1, -0.05) is 13.8 Å². The lowest BCUT2D eigenvalue weighted by Gasteiger charge is -2.34. The molecule has 0 aliphatic carbocycles. The summed E-state index contributed by atoms with van der Waals surface area (Å²) in [6, 6.07) is 0. The third-order valence-corrected chi connectivity index (χ3v) is 2.76. The third-order valence-electron chi connectivity index (χ3n) is 2.76. The molecular weight excluding hydrogens is 176 g/mol. The van der Waals surface area contributed by atoms with Gasteiger partial charge in [0, 0.05) is 33.1 Å². The highest BCUT2D eigenvalue weighted by atomic mass is 16.2. The summed E-state index contributed by atoms with van der Waals surface area (Å²) in [6.45, 7) is 10.1. The Morgan fingerprint density at radius 1 is 1.07 bits per heavy atom. The van der Waals surface area contributed by atoms with E-state index in [4.69, 9.17) is 0 Å². The molecule has 1 fully saturated rings. The molecule has 3 heteroatoms. The molecule has 1 amide bonds. The lowest BCUT2D eigenvalue weighted by atomic mass is 10.0. The molecule has 14 heavy (non-hydrogen) atoms. The van der Waals surface area contributed by atoms with Gasteiger partial charge in [0.1, 0.15) is 0 Å². The molecule has 0 spiro atoms. The average molecular weight is 198 g/mol. The Morgan fingerprint density at radius 3 is 1.86 bits per heavy atom. The van der Waals surface area contributed by atoms with Gasteiger partial charge < -0.3 is 9.80 Å². The van der Waals surface area contributed by atoms with Gasteiger partial charge in [0.25, 0.3) is 0 Å². The smallest absolute Gasteiger partial charge is 0.219 e. The van der Waals surface area contributed by atoms with E-state index in [0.29, 0.717) is 11.8 Å². The second-order valence-electron chi connectivity index (χ2n) is 4.86. The van der Waals surface area contributed by atoms with Crippen LogP contribution in [0.5, 0.6) is 0 Å². The molecule has 1 heterocycles. The molecule has 1 unspecified atom stereocenters. The summed E-state index contributed by atoms with van der Waals surface area (Å²) in [7, 11) is 2.16. The highest BCUT2D eigenvalue weighted by Crippen LogP contribution is 2.11. The van der Waals surface area contributed by atoms with Crippen LogP contribution < -0.4 is 0 Å². The van der Waals surface area contributed by atoms with Gasteiger partial charge in [-0.3, -0.25) is 4.79 Å². The van der Waals surface area contributed by atoms with Crippen LogP contribution in [0.3, 0.4) is 0 Å². The maximum Gasteiger partial charge on any atom is 0.219 e. The first kappa shape index (κ1) is 11.5. The van der Waals surface area contributed by atoms with Crippen LogP contribution in [0.1, 0.15) is 20.8 Å². The van der Waals surface area contributed by atoms with Crippen LogP contribution in [-0.4, -0.2) is 48.9 Å². The molecule has 0 bridgehead atoms. The molecule has 0 radical (unpaired) electrons. The molecular formula is C11H22N2O. The molecule has 1 rings (SSSR count). The minimum absolute atomic E-state index is 0.216. The fraction of sp³-hybridized carbons (Fsp3) is 0.909. The van der Waals surface area contributed by atoms with Gasteiger partial charge >= 0.3 is 0 Å². The molecule has 0 N–H and O–H groups in total. The summed E-state index contributed by atoms with van der Waals surface area (Å²) >= 11 is 0. The van der Waals surface area contributed by atoms with E-state index in [1.165, 1.54) is 0 Å². The van der Waals surface area contributed by atoms with Crippen molar-refractivity contribution in [1.29, 1.82) is 0 Å². The van der Waals surface area contributed by atoms with Crippen molar-refractivity contribution >= 4 is 5.91 Å². The van der Waals surface area contributed by atoms with E-state index in [9.17, 15) is 4.79 Å². The van der Waals surface area contributed by atoms with Gasteiger partial charge in [-0.05, 0) is 18.9 Å². The van der Waals surface area contributed by atoms with Crippen molar-refractivity contribution in [2.45, 2.75) is 20.8 Å². The summed E-state index contributed by atoms with van der Waals surface area (Å²) in [6.07, 6.45) is 0. The summed E-state index contributed by atoms with van der Waals surface area (Å²) in [5.41, 5.74) is 0. The summed E-state index contributed by atoms with van der Waals surface area (Å²) in [4.78, 5) is 15.7. The highest BCUT2D eigenvalue weighted by Gasteiger charge is 2.21. The minimum Gasteiger partial charge on any atom is -0.342 e. The van der Waals surface area contributed by atoms with Gasteiger partial charge in [-0.25, -0.2) is 0 Å². The topological polar surface area (TPSA) is 23.6 Å². The van der Waals surface area contributed by atoms with Crippen molar-refractivity contribution in [3.63, 3.8) is 0 Å². The zero-order chi connectivity index (χ0) is 10.7. The van der Waals surface area contributed by atoms with Crippen LogP contribution >= 0.6 is 0 Å². The Kier molecular flexibility index (Phi) is 3.93. The monoisotopic (exact) mass is 198 g/mol. The average Bonchev–Trinajstić information content (AvgIpc) is 1.99. The quantitative estimate of drug-likeness (QED) is 0.581. The fourth-order valence-corrected chi connectivity index (χ4v) is 2.34. The summed E-state index contributed by atoms with van der Waals surface area (Å²) < 4.78 is 0. The maximum atomic E-state index is 11.3. The van der Waals surface area contributed by atoms with Crippen LogP contribution in [0.25, 0.3) is 0 Å². The van der Waals surface area contributed by atoms with Crippen LogP contribution in [0, 0.1) is 11.8 Å². The molecule has 0 aromatic carbocycles. The zero-order valence-electron chi connectivity index (χ0n) is 9.79. The molecule has 3 nitrogen and oxygen atoms in total. The Labute approximate surface area is 87.1 Å². The molecule has 1 aliphatic rings. The number of rotatable bonds is 0. The van der Waals surface area contributed by atoms with E-state index in [2.05, 4.69) is 25.8 Å². The largest absolute Gasteiger partial charge is 0.342 e. The number of hydrogen-bond donors (Lipinski definition) is 0. The summed E-state index contributed by atoms with van der Waals surface area (Å²) in [5, 5.41) is 0. The first-order chi connectivity index (χ1) is 6.49. The van der Waals surface area contributed by atoms with Crippen molar-refractivity contribution in [2.24, 2.45) is 11.8 Å². The number of carbonyl (C=O) groups is 1. The SMILES string of the molecule is CC(=O)N1CC(C)CN(C)C[C@H](C)C1. The molecule has 1 saturated heterocycles. The molecule has 2 atom stereocenters. The van der Waals surface area contributed by atoms with E-state index in [-0.39, 0.29) is 5.91 Å². The van der Waals surface area contributed by atoms with E-state index < -0.39 is 0 Å². The maximum absolute atomic E-state index is 11.3. The second kappa shape index (κ2) is 4.78. The molecule has 0 aromatic heterocycles. The lowest BCUT2D eigenvalue weighted by molar-refractivity contribution is -0.130. The number of hydrogen-bond acceptors (Lipinski definition) is 2. The van der Waals surface area contributed by atoms with E-state index in [1.807, 2.05) is 4.90 Å². The first-order valence-corrected chi connectivity index (χ1v) is 5.43. The van der Waals surface area contributed by atoms with Crippen molar-refractivity contribution in [2.75, 3.05) is 33.2 Å². The molecule has 1 aliphatic heterocycles. The van der Waals surface area contributed by atoms with E-state index >= 15 is 0 Å². The van der Waals surface area contributed by atoms with Gasteiger partial charge in [0.15, 0.2) is 0 Å². The van der Waals surface area contributed by atoms with Crippen molar-refractivity contribution in [3.05, 3.63) is 0 Å². The minimum atomic E-state index is 0.216. The van der Waals surface area contributed by atoms with Crippen molar-refractivity contribution in [1.82, 2.24) is 9.80 Å². The zero-order valence-corrected chi connectivity index (χ0v) is 9.79. The van der Waals surface area contributed by atoms with Crippen LogP contribution in [0.15, 0.2) is 0 Å². The number of amides is 1. The first-order valence-electron chi connectivity index (χ1n) is 5.43. The Balaban J connectivity index is 2.60. The third kappa shape index (κ3) is 3.29. The Hall–Kier alpha value is -0.570. The van der Waals surface area contributed by atoms with Gasteiger partial charge in [0.2, 0.25) is 5.91 Å². The lowest BCUT2D eigenvalue weighted by Crippen LogP contribution is -2.45. The predicted octanol–water partition coefficient (Wildman–Crippen LogP) is 1.05. The van der Waals surface area contributed by atoms with Crippen LogP contribution in [0.2, 0.25) is 0 Å². The van der Waals surface area contributed by atoms with Gasteiger partial charge in [-0.15, -0.1) is 0 Å². The normalized spacial score (nSPS) is 31.0. The van der Waals surface area contributed by atoms with E-state index in [0.717, 1.165) is 26.2 Å². The van der Waals surface area contributed by atoms with Gasteiger partial charge in [-0.2, -0.15) is 0 Å². The van der Waals surface area contributed by atoms with E-state index in [1.54, 1.807) is 6.92 Å².